The largest absolute Gasteiger partial charge is 0.315 e. The van der Waals surface area contributed by atoms with E-state index in [4.69, 9.17) is 0 Å². The van der Waals surface area contributed by atoms with Gasteiger partial charge in [-0.1, -0.05) is 13.8 Å². The summed E-state index contributed by atoms with van der Waals surface area (Å²) in [4.78, 5) is 0. The molecule has 66 valence electrons. The van der Waals surface area contributed by atoms with E-state index in [1.807, 2.05) is 0 Å². The van der Waals surface area contributed by atoms with E-state index in [0.29, 0.717) is 11.0 Å². The number of nitrogens with one attached hydrogen (secondary N) is 1. The van der Waals surface area contributed by atoms with E-state index in [1.165, 1.54) is 25.7 Å². The molecule has 1 saturated carbocycles. The molecule has 1 N–H and O–H groups in total. The van der Waals surface area contributed by atoms with E-state index in [2.05, 4.69) is 33.1 Å². The van der Waals surface area contributed by atoms with Crippen molar-refractivity contribution < 1.29 is 0 Å². The molecular weight excluding hydrogens is 134 g/mol. The number of hydrogen-bond donors (Lipinski definition) is 1. The van der Waals surface area contributed by atoms with Crippen LogP contribution in [0.2, 0.25) is 0 Å². The van der Waals surface area contributed by atoms with Gasteiger partial charge in [-0.05, 0) is 45.1 Å². The van der Waals surface area contributed by atoms with E-state index in [-0.39, 0.29) is 0 Å². The summed E-state index contributed by atoms with van der Waals surface area (Å²) in [6.45, 7) is 7.09. The molecule has 0 spiro atoms. The maximum Gasteiger partial charge on any atom is 0.0150 e. The minimum Gasteiger partial charge on any atom is -0.315 e. The van der Waals surface area contributed by atoms with Gasteiger partial charge < -0.3 is 5.32 Å². The fourth-order valence-corrected chi connectivity index (χ4v) is 1.73. The van der Waals surface area contributed by atoms with Gasteiger partial charge in [-0.2, -0.15) is 0 Å². The highest BCUT2D eigenvalue weighted by atomic mass is 14.9. The summed E-state index contributed by atoms with van der Waals surface area (Å²) in [6, 6.07) is 0. The Kier molecular flexibility index (Phi) is 2.29. The summed E-state index contributed by atoms with van der Waals surface area (Å²) < 4.78 is 0. The Labute approximate surface area is 70.6 Å². The molecule has 11 heavy (non-hydrogen) atoms. The monoisotopic (exact) mass is 155 g/mol. The van der Waals surface area contributed by atoms with Crippen LogP contribution in [0, 0.1) is 5.41 Å². The predicted molar refractivity (Wildman–Crippen MR) is 49.7 cm³/mol. The number of rotatable bonds is 1. The molecule has 1 aliphatic rings. The fraction of sp³-hybridized carbons (Fsp3) is 1.00. The first kappa shape index (κ1) is 9.05. The summed E-state index contributed by atoms with van der Waals surface area (Å²) in [5, 5.41) is 3.42. The lowest BCUT2D eigenvalue weighted by molar-refractivity contribution is 0.154. The molecule has 0 atom stereocenters. The van der Waals surface area contributed by atoms with Crippen LogP contribution in [0.5, 0.6) is 0 Å². The molecule has 0 heterocycles. The van der Waals surface area contributed by atoms with Crippen molar-refractivity contribution in [3.8, 4) is 0 Å². The number of hydrogen-bond acceptors (Lipinski definition) is 1. The lowest BCUT2D eigenvalue weighted by Gasteiger charge is -2.41. The summed E-state index contributed by atoms with van der Waals surface area (Å²) in [5.41, 5.74) is 1.02. The zero-order valence-corrected chi connectivity index (χ0v) is 8.33. The third kappa shape index (κ3) is 2.19. The van der Waals surface area contributed by atoms with Crippen molar-refractivity contribution in [3.05, 3.63) is 0 Å². The molecule has 0 saturated heterocycles. The molecule has 1 rings (SSSR count). The predicted octanol–water partition coefficient (Wildman–Crippen LogP) is 2.56. The fourth-order valence-electron chi connectivity index (χ4n) is 1.73. The Hall–Kier alpha value is -0.0400. The van der Waals surface area contributed by atoms with Gasteiger partial charge in [0.05, 0.1) is 0 Å². The van der Waals surface area contributed by atoms with Crippen LogP contribution >= 0.6 is 0 Å². The SMILES string of the molecule is CNC1(C)CCC(C)(C)CC1. The van der Waals surface area contributed by atoms with Crippen molar-refractivity contribution in [2.75, 3.05) is 7.05 Å². The van der Waals surface area contributed by atoms with E-state index < -0.39 is 0 Å². The van der Waals surface area contributed by atoms with Crippen molar-refractivity contribution >= 4 is 0 Å². The van der Waals surface area contributed by atoms with Crippen LogP contribution in [-0.4, -0.2) is 12.6 Å². The van der Waals surface area contributed by atoms with Gasteiger partial charge in [-0.15, -0.1) is 0 Å². The van der Waals surface area contributed by atoms with Crippen molar-refractivity contribution in [3.63, 3.8) is 0 Å². The Bertz CT molecular complexity index is 128. The van der Waals surface area contributed by atoms with Crippen LogP contribution in [0.15, 0.2) is 0 Å². The zero-order chi connectivity index (χ0) is 8.54. The molecule has 0 bridgehead atoms. The second-order valence-electron chi connectivity index (χ2n) is 4.97. The molecule has 0 aliphatic heterocycles. The molecule has 1 heteroatoms. The third-order valence-corrected chi connectivity index (χ3v) is 3.31. The Morgan fingerprint density at radius 1 is 0.909 bits per heavy atom. The summed E-state index contributed by atoms with van der Waals surface area (Å²) in [7, 11) is 2.08. The van der Waals surface area contributed by atoms with Crippen molar-refractivity contribution in [1.82, 2.24) is 5.32 Å². The molecule has 1 nitrogen and oxygen atoms in total. The highest BCUT2D eigenvalue weighted by Crippen LogP contribution is 2.39. The zero-order valence-electron chi connectivity index (χ0n) is 8.33. The molecule has 0 aromatic carbocycles. The summed E-state index contributed by atoms with van der Waals surface area (Å²) >= 11 is 0. The first-order valence-electron chi connectivity index (χ1n) is 4.66. The molecule has 0 aromatic rings. The highest BCUT2D eigenvalue weighted by Gasteiger charge is 2.33. The molecule has 0 amide bonds. The lowest BCUT2D eigenvalue weighted by atomic mass is 9.70. The molecular formula is C10H21N. The summed E-state index contributed by atoms with van der Waals surface area (Å²) in [6.07, 6.45) is 5.39. The van der Waals surface area contributed by atoms with E-state index in [0.717, 1.165) is 0 Å². The molecule has 1 fully saturated rings. The standard InChI is InChI=1S/C10H21N/c1-9(2)5-7-10(3,11-4)8-6-9/h11H,5-8H2,1-4H3. The minimum absolute atomic E-state index is 0.426. The van der Waals surface area contributed by atoms with Crippen LogP contribution in [0.25, 0.3) is 0 Å². The Morgan fingerprint density at radius 2 is 1.36 bits per heavy atom. The van der Waals surface area contributed by atoms with E-state index in [9.17, 15) is 0 Å². The molecule has 0 aromatic heterocycles. The van der Waals surface area contributed by atoms with Crippen molar-refractivity contribution in [1.29, 1.82) is 0 Å². The van der Waals surface area contributed by atoms with Crippen LogP contribution in [-0.2, 0) is 0 Å². The third-order valence-electron chi connectivity index (χ3n) is 3.31. The maximum absolute atomic E-state index is 3.42. The summed E-state index contributed by atoms with van der Waals surface area (Å²) in [5.74, 6) is 0. The van der Waals surface area contributed by atoms with Gasteiger partial charge in [-0.3, -0.25) is 0 Å². The Morgan fingerprint density at radius 3 is 1.73 bits per heavy atom. The van der Waals surface area contributed by atoms with Gasteiger partial charge in [0.1, 0.15) is 0 Å². The molecule has 0 radical (unpaired) electrons. The molecule has 0 unspecified atom stereocenters. The van der Waals surface area contributed by atoms with Gasteiger partial charge in [0.15, 0.2) is 0 Å². The topological polar surface area (TPSA) is 12.0 Å². The average molecular weight is 155 g/mol. The van der Waals surface area contributed by atoms with Crippen LogP contribution in [0.1, 0.15) is 46.5 Å². The second kappa shape index (κ2) is 2.78. The lowest BCUT2D eigenvalue weighted by Crippen LogP contribution is -2.44. The van der Waals surface area contributed by atoms with Crippen LogP contribution < -0.4 is 5.32 Å². The first-order chi connectivity index (χ1) is 4.97. The smallest absolute Gasteiger partial charge is 0.0150 e. The minimum atomic E-state index is 0.426. The average Bonchev–Trinajstić information content (AvgIpc) is 1.97. The van der Waals surface area contributed by atoms with Crippen LogP contribution in [0.3, 0.4) is 0 Å². The quantitative estimate of drug-likeness (QED) is 0.613. The first-order valence-corrected chi connectivity index (χ1v) is 4.66. The van der Waals surface area contributed by atoms with Crippen molar-refractivity contribution in [2.24, 2.45) is 5.41 Å². The van der Waals surface area contributed by atoms with Gasteiger partial charge in [0.2, 0.25) is 0 Å². The maximum atomic E-state index is 3.42. The van der Waals surface area contributed by atoms with Gasteiger partial charge in [0.25, 0.3) is 0 Å². The normalized spacial score (nSPS) is 28.4. The van der Waals surface area contributed by atoms with Gasteiger partial charge in [0, 0.05) is 5.54 Å². The van der Waals surface area contributed by atoms with Crippen molar-refractivity contribution in [2.45, 2.75) is 52.0 Å². The van der Waals surface area contributed by atoms with E-state index >= 15 is 0 Å². The second-order valence-corrected chi connectivity index (χ2v) is 4.97. The van der Waals surface area contributed by atoms with Gasteiger partial charge in [-0.25, -0.2) is 0 Å². The highest BCUT2D eigenvalue weighted by molar-refractivity contribution is 4.90. The Balaban J connectivity index is 2.48. The van der Waals surface area contributed by atoms with Gasteiger partial charge >= 0.3 is 0 Å². The molecule has 1 aliphatic carbocycles. The van der Waals surface area contributed by atoms with E-state index in [1.54, 1.807) is 0 Å². The van der Waals surface area contributed by atoms with Crippen LogP contribution in [0.4, 0.5) is 0 Å².